The largest absolute Gasteiger partial charge is 0.361 e. The number of para-hydroxylation sites is 1. The second-order valence-electron chi connectivity index (χ2n) is 6.97. The molecular weight excluding hydrogens is 372 g/mol. The average molecular weight is 394 g/mol. The van der Waals surface area contributed by atoms with Gasteiger partial charge in [0.1, 0.15) is 0 Å². The molecule has 6 nitrogen and oxygen atoms in total. The molecule has 0 aliphatic carbocycles. The molecule has 1 amide bonds. The molecule has 1 aromatic carbocycles. The molecule has 2 N–H and O–H groups in total. The first-order chi connectivity index (χ1) is 13.6. The van der Waals surface area contributed by atoms with E-state index in [9.17, 15) is 4.79 Å². The minimum absolute atomic E-state index is 0.0144. The van der Waals surface area contributed by atoms with E-state index in [1.165, 1.54) is 16.5 Å². The van der Waals surface area contributed by atoms with Gasteiger partial charge in [0.15, 0.2) is 0 Å². The Labute approximate surface area is 167 Å². The number of aryl methyl sites for hydroxylation is 2. The van der Waals surface area contributed by atoms with Crippen molar-refractivity contribution in [2.75, 3.05) is 0 Å². The summed E-state index contributed by atoms with van der Waals surface area (Å²) in [6.07, 6.45) is 3.57. The predicted octanol–water partition coefficient (Wildman–Crippen LogP) is 4.27. The lowest BCUT2D eigenvalue weighted by molar-refractivity contribution is -0.121. The maximum atomic E-state index is 12.3. The molecule has 0 aliphatic heterocycles. The number of carbonyl (C=O) groups excluding carboxylic acids is 1. The summed E-state index contributed by atoms with van der Waals surface area (Å²) in [5, 5.41) is 10.2. The lowest BCUT2D eigenvalue weighted by Gasteiger charge is -2.13. The van der Waals surface area contributed by atoms with E-state index in [0.29, 0.717) is 24.6 Å². The quantitative estimate of drug-likeness (QED) is 0.490. The van der Waals surface area contributed by atoms with Crippen LogP contribution in [-0.2, 0) is 17.6 Å². The van der Waals surface area contributed by atoms with Crippen molar-refractivity contribution in [2.45, 2.75) is 39.2 Å². The topological polar surface area (TPSA) is 83.8 Å². The number of benzene rings is 1. The van der Waals surface area contributed by atoms with Gasteiger partial charge < -0.3 is 14.8 Å². The molecule has 7 heteroatoms. The lowest BCUT2D eigenvalue weighted by Crippen LogP contribution is -2.34. The zero-order valence-electron chi connectivity index (χ0n) is 15.9. The van der Waals surface area contributed by atoms with Crippen LogP contribution in [0.25, 0.3) is 21.6 Å². The van der Waals surface area contributed by atoms with Crippen molar-refractivity contribution in [2.24, 2.45) is 0 Å². The van der Waals surface area contributed by atoms with Crippen LogP contribution in [0.5, 0.6) is 0 Å². The molecule has 0 saturated carbocycles. The van der Waals surface area contributed by atoms with Crippen molar-refractivity contribution >= 4 is 28.1 Å². The Balaban J connectivity index is 1.30. The van der Waals surface area contributed by atoms with Gasteiger partial charge in [-0.15, -0.1) is 11.3 Å². The van der Waals surface area contributed by atoms with Crippen LogP contribution in [0.3, 0.4) is 0 Å². The minimum Gasteiger partial charge on any atom is -0.361 e. The van der Waals surface area contributed by atoms with E-state index in [1.807, 2.05) is 30.6 Å². The van der Waals surface area contributed by atoms with Gasteiger partial charge in [0.05, 0.1) is 4.88 Å². The number of hydrogen-bond acceptors (Lipinski definition) is 5. The van der Waals surface area contributed by atoms with Gasteiger partial charge in [-0.05, 0) is 42.8 Å². The Kier molecular flexibility index (Phi) is 5.25. The number of rotatable bonds is 7. The Hall–Kier alpha value is -2.93. The van der Waals surface area contributed by atoms with Gasteiger partial charge in [-0.1, -0.05) is 29.4 Å². The monoisotopic (exact) mass is 394 g/mol. The first-order valence-electron chi connectivity index (χ1n) is 9.31. The number of fused-ring (bicyclic) bond motifs is 1. The lowest BCUT2D eigenvalue weighted by atomic mass is 10.0. The Morgan fingerprint density at radius 1 is 1.32 bits per heavy atom. The Bertz CT molecular complexity index is 1080. The molecule has 4 aromatic rings. The van der Waals surface area contributed by atoms with Crippen LogP contribution in [0.1, 0.15) is 30.4 Å². The first-order valence-corrected chi connectivity index (χ1v) is 10.2. The van der Waals surface area contributed by atoms with E-state index >= 15 is 0 Å². The van der Waals surface area contributed by atoms with E-state index in [1.54, 1.807) is 11.3 Å². The van der Waals surface area contributed by atoms with Crippen LogP contribution < -0.4 is 5.32 Å². The number of aromatic amines is 1. The zero-order chi connectivity index (χ0) is 19.5. The first kappa shape index (κ1) is 18.4. The number of aromatic nitrogens is 3. The van der Waals surface area contributed by atoms with Gasteiger partial charge in [-0.3, -0.25) is 4.79 Å². The zero-order valence-corrected chi connectivity index (χ0v) is 16.7. The van der Waals surface area contributed by atoms with Crippen molar-refractivity contribution in [3.63, 3.8) is 0 Å². The number of amides is 1. The number of carbonyl (C=O) groups is 1. The van der Waals surface area contributed by atoms with Crippen molar-refractivity contribution in [1.29, 1.82) is 0 Å². The van der Waals surface area contributed by atoms with E-state index in [0.717, 1.165) is 16.8 Å². The van der Waals surface area contributed by atoms with Gasteiger partial charge >= 0.3 is 0 Å². The number of H-pyrrole nitrogens is 1. The van der Waals surface area contributed by atoms with Crippen molar-refractivity contribution in [1.82, 2.24) is 20.4 Å². The van der Waals surface area contributed by atoms with Gasteiger partial charge in [-0.2, -0.15) is 4.98 Å². The fourth-order valence-corrected chi connectivity index (χ4v) is 3.99. The molecule has 0 radical (unpaired) electrons. The molecule has 3 aromatic heterocycles. The summed E-state index contributed by atoms with van der Waals surface area (Å²) in [6, 6.07) is 10.2. The minimum atomic E-state index is -0.0144. The van der Waals surface area contributed by atoms with E-state index in [-0.39, 0.29) is 11.9 Å². The van der Waals surface area contributed by atoms with Gasteiger partial charge in [0.2, 0.25) is 17.6 Å². The molecular formula is C21H22N4O2S. The molecule has 28 heavy (non-hydrogen) atoms. The molecule has 144 valence electrons. The summed E-state index contributed by atoms with van der Waals surface area (Å²) >= 11 is 1.56. The summed E-state index contributed by atoms with van der Waals surface area (Å²) in [4.78, 5) is 21.0. The highest BCUT2D eigenvalue weighted by Crippen LogP contribution is 2.23. The fraction of sp³-hybridized carbons (Fsp3) is 0.286. The van der Waals surface area contributed by atoms with Crippen LogP contribution in [0.15, 0.2) is 46.4 Å². The number of thiophene rings is 1. The standard InChI is InChI=1S/C21H22N4O2S/c1-13-5-3-6-16-15(12-22-20(13)16)11-14(2)23-18(26)8-9-19-24-21(25-27-19)17-7-4-10-28-17/h3-7,10,12,14,22H,8-9,11H2,1-2H3,(H,23,26)/t14-/m0/s1. The van der Waals surface area contributed by atoms with Crippen molar-refractivity contribution in [3.05, 3.63) is 58.9 Å². The van der Waals surface area contributed by atoms with Gasteiger partial charge in [-0.25, -0.2) is 0 Å². The molecule has 4 rings (SSSR count). The third-order valence-electron chi connectivity index (χ3n) is 4.72. The van der Waals surface area contributed by atoms with Crippen LogP contribution in [0, 0.1) is 6.92 Å². The van der Waals surface area contributed by atoms with Crippen molar-refractivity contribution in [3.8, 4) is 10.7 Å². The molecule has 0 saturated heterocycles. The number of hydrogen-bond donors (Lipinski definition) is 2. The normalized spacial score (nSPS) is 12.4. The highest BCUT2D eigenvalue weighted by molar-refractivity contribution is 7.13. The molecule has 0 spiro atoms. The maximum absolute atomic E-state index is 12.3. The Morgan fingerprint density at radius 3 is 3.04 bits per heavy atom. The molecule has 0 fully saturated rings. The number of nitrogens with one attached hydrogen (secondary N) is 2. The SMILES string of the molecule is Cc1cccc2c(C[C@H](C)NC(=O)CCc3nc(-c4cccs4)no3)c[nH]c12. The maximum Gasteiger partial charge on any atom is 0.227 e. The van der Waals surface area contributed by atoms with E-state index < -0.39 is 0 Å². The van der Waals surface area contributed by atoms with Crippen molar-refractivity contribution < 1.29 is 9.32 Å². The molecule has 0 aliphatic rings. The van der Waals surface area contributed by atoms with Crippen LogP contribution in [0.4, 0.5) is 0 Å². The van der Waals surface area contributed by atoms with Gasteiger partial charge in [0.25, 0.3) is 0 Å². The highest BCUT2D eigenvalue weighted by atomic mass is 32.1. The third-order valence-corrected chi connectivity index (χ3v) is 5.58. The summed E-state index contributed by atoms with van der Waals surface area (Å²) in [7, 11) is 0. The number of nitrogens with zero attached hydrogens (tertiary/aromatic N) is 2. The van der Waals surface area contributed by atoms with Crippen LogP contribution in [0.2, 0.25) is 0 Å². The molecule has 1 atom stereocenters. The summed E-state index contributed by atoms with van der Waals surface area (Å²) < 4.78 is 5.25. The van der Waals surface area contributed by atoms with Crippen LogP contribution in [-0.4, -0.2) is 27.1 Å². The Morgan fingerprint density at radius 2 is 2.21 bits per heavy atom. The molecule has 0 bridgehead atoms. The summed E-state index contributed by atoms with van der Waals surface area (Å²) in [6.45, 7) is 4.11. The summed E-state index contributed by atoms with van der Waals surface area (Å²) in [5.41, 5.74) is 3.60. The highest BCUT2D eigenvalue weighted by Gasteiger charge is 2.14. The second-order valence-corrected chi connectivity index (χ2v) is 7.92. The van der Waals surface area contributed by atoms with E-state index in [4.69, 9.17) is 4.52 Å². The molecule has 0 unspecified atom stereocenters. The summed E-state index contributed by atoms with van der Waals surface area (Å²) in [5.74, 6) is 1.05. The average Bonchev–Trinajstić information content (AvgIpc) is 3.41. The smallest absolute Gasteiger partial charge is 0.227 e. The fourth-order valence-electron chi connectivity index (χ4n) is 3.34. The van der Waals surface area contributed by atoms with E-state index in [2.05, 4.69) is 45.6 Å². The third kappa shape index (κ3) is 3.99. The second kappa shape index (κ2) is 7.98. The predicted molar refractivity (Wildman–Crippen MR) is 110 cm³/mol. The molecule has 3 heterocycles. The van der Waals surface area contributed by atoms with Crippen LogP contribution >= 0.6 is 11.3 Å². The van der Waals surface area contributed by atoms with Gasteiger partial charge in [0, 0.05) is 36.0 Å².